The minimum Gasteiger partial charge on any atom is -0.457 e. The molecule has 0 aliphatic carbocycles. The molecule has 0 unspecified atom stereocenters. The van der Waals surface area contributed by atoms with Gasteiger partial charge in [0.1, 0.15) is 0 Å². The highest BCUT2D eigenvalue weighted by atomic mass is 32.1. The van der Waals surface area contributed by atoms with E-state index in [1.54, 1.807) is 53.8 Å². The molecule has 1 N–H and O–H groups in total. The van der Waals surface area contributed by atoms with Crippen LogP contribution in [-0.2, 0) is 14.3 Å². The van der Waals surface area contributed by atoms with Gasteiger partial charge < -0.3 is 10.1 Å². The van der Waals surface area contributed by atoms with E-state index in [-0.39, 0.29) is 36.9 Å². The van der Waals surface area contributed by atoms with Crippen LogP contribution in [0.1, 0.15) is 44.0 Å². The van der Waals surface area contributed by atoms with Crippen molar-refractivity contribution in [2.45, 2.75) is 19.8 Å². The molecule has 2 aromatic carbocycles. The number of hydrogen-bond donors (Lipinski definition) is 1. The van der Waals surface area contributed by atoms with Gasteiger partial charge in [-0.3, -0.25) is 19.2 Å². The third kappa shape index (κ3) is 7.66. The third-order valence-electron chi connectivity index (χ3n) is 4.69. The molecule has 168 valence electrons. The van der Waals surface area contributed by atoms with Crippen molar-refractivity contribution < 1.29 is 23.9 Å². The standard InChI is InChI=1S/C26H23NO5S/c1-18-4-6-20(7-5-18)24(29)17-32-26(31)15-14-25(30)27-21-10-8-19(9-11-21)23(28)13-12-22-3-2-16-33-22/h2-13,16H,14-15,17H2,1H3,(H,27,30)/b13-12+. The predicted molar refractivity (Wildman–Crippen MR) is 128 cm³/mol. The van der Waals surface area contributed by atoms with E-state index in [9.17, 15) is 19.2 Å². The molecule has 1 heterocycles. The topological polar surface area (TPSA) is 89.5 Å². The number of rotatable bonds is 10. The van der Waals surface area contributed by atoms with E-state index in [1.807, 2.05) is 36.6 Å². The van der Waals surface area contributed by atoms with Gasteiger partial charge in [0, 0.05) is 28.1 Å². The number of nitrogens with one attached hydrogen (secondary N) is 1. The maximum Gasteiger partial charge on any atom is 0.306 e. The van der Waals surface area contributed by atoms with E-state index in [0.717, 1.165) is 10.4 Å². The number of benzene rings is 2. The molecule has 1 aromatic heterocycles. The summed E-state index contributed by atoms with van der Waals surface area (Å²) < 4.78 is 4.97. The summed E-state index contributed by atoms with van der Waals surface area (Å²) in [5.74, 6) is -1.42. The summed E-state index contributed by atoms with van der Waals surface area (Å²) in [6, 6.07) is 17.3. The second-order valence-corrected chi connectivity index (χ2v) is 8.27. The van der Waals surface area contributed by atoms with Gasteiger partial charge in [-0.25, -0.2) is 0 Å². The third-order valence-corrected chi connectivity index (χ3v) is 5.53. The fourth-order valence-electron chi connectivity index (χ4n) is 2.84. The molecule has 0 fully saturated rings. The average Bonchev–Trinajstić information content (AvgIpc) is 3.34. The molecule has 6 nitrogen and oxygen atoms in total. The zero-order valence-electron chi connectivity index (χ0n) is 18.1. The number of carbonyl (C=O) groups is 4. The number of allylic oxidation sites excluding steroid dienone is 1. The number of thiophene rings is 1. The molecule has 0 aliphatic heterocycles. The van der Waals surface area contributed by atoms with E-state index in [1.165, 1.54) is 6.08 Å². The minimum atomic E-state index is -0.621. The molecular formula is C26H23NO5S. The molecule has 0 aliphatic rings. The molecule has 33 heavy (non-hydrogen) atoms. The average molecular weight is 462 g/mol. The van der Waals surface area contributed by atoms with Crippen LogP contribution >= 0.6 is 11.3 Å². The monoisotopic (exact) mass is 461 g/mol. The van der Waals surface area contributed by atoms with Gasteiger partial charge >= 0.3 is 5.97 Å². The fraction of sp³-hybridized carbons (Fsp3) is 0.154. The largest absolute Gasteiger partial charge is 0.457 e. The van der Waals surface area contributed by atoms with Crippen molar-refractivity contribution in [2.75, 3.05) is 11.9 Å². The maximum atomic E-state index is 12.2. The first-order chi connectivity index (χ1) is 15.9. The lowest BCUT2D eigenvalue weighted by Gasteiger charge is -2.07. The molecule has 1 amide bonds. The minimum absolute atomic E-state index is 0.0816. The summed E-state index contributed by atoms with van der Waals surface area (Å²) in [5.41, 5.74) is 2.51. The van der Waals surface area contributed by atoms with Crippen molar-refractivity contribution in [1.29, 1.82) is 0 Å². The Morgan fingerprint density at radius 2 is 1.61 bits per heavy atom. The Kier molecular flexibility index (Phi) is 8.43. The van der Waals surface area contributed by atoms with Crippen LogP contribution in [0, 0.1) is 6.92 Å². The number of esters is 1. The molecule has 3 aromatic rings. The highest BCUT2D eigenvalue weighted by Gasteiger charge is 2.12. The Morgan fingerprint density at radius 1 is 0.909 bits per heavy atom. The molecule has 0 saturated carbocycles. The number of amides is 1. The smallest absolute Gasteiger partial charge is 0.306 e. The Bertz CT molecular complexity index is 1150. The quantitative estimate of drug-likeness (QED) is 0.258. The molecule has 0 atom stereocenters. The highest BCUT2D eigenvalue weighted by molar-refractivity contribution is 7.10. The highest BCUT2D eigenvalue weighted by Crippen LogP contribution is 2.14. The first-order valence-corrected chi connectivity index (χ1v) is 11.2. The number of Topliss-reactive ketones (excluding diaryl/α,β-unsaturated/α-hetero) is 1. The Hall–Kier alpha value is -3.84. The number of anilines is 1. The molecule has 0 saturated heterocycles. The SMILES string of the molecule is Cc1ccc(C(=O)COC(=O)CCC(=O)Nc2ccc(C(=O)/C=C/c3cccs3)cc2)cc1. The molecular weight excluding hydrogens is 438 g/mol. The normalized spacial score (nSPS) is 10.7. The first-order valence-electron chi connectivity index (χ1n) is 10.3. The van der Waals surface area contributed by atoms with Crippen molar-refractivity contribution in [3.63, 3.8) is 0 Å². The number of ketones is 2. The Balaban J connectivity index is 1.40. The summed E-state index contributed by atoms with van der Waals surface area (Å²) in [4.78, 5) is 49.2. The van der Waals surface area contributed by atoms with Gasteiger partial charge in [0.25, 0.3) is 0 Å². The van der Waals surface area contributed by atoms with Crippen LogP contribution in [0.4, 0.5) is 5.69 Å². The van der Waals surface area contributed by atoms with Gasteiger partial charge in [-0.05, 0) is 54.8 Å². The maximum absolute atomic E-state index is 12.2. The van der Waals surface area contributed by atoms with Crippen molar-refractivity contribution in [3.8, 4) is 0 Å². The second-order valence-electron chi connectivity index (χ2n) is 7.29. The molecule has 7 heteroatoms. The first kappa shape index (κ1) is 23.8. The number of hydrogen-bond acceptors (Lipinski definition) is 6. The lowest BCUT2D eigenvalue weighted by molar-refractivity contribution is -0.143. The molecule has 0 spiro atoms. The van der Waals surface area contributed by atoms with Crippen LogP contribution in [0.25, 0.3) is 6.08 Å². The van der Waals surface area contributed by atoms with Crippen molar-refractivity contribution >= 4 is 46.5 Å². The summed E-state index contributed by atoms with van der Waals surface area (Å²) in [7, 11) is 0. The molecule has 0 radical (unpaired) electrons. The Morgan fingerprint density at radius 3 is 2.27 bits per heavy atom. The zero-order valence-corrected chi connectivity index (χ0v) is 18.9. The van der Waals surface area contributed by atoms with Crippen LogP contribution in [-0.4, -0.2) is 30.0 Å². The summed E-state index contributed by atoms with van der Waals surface area (Å²) in [6.07, 6.45) is 3.05. The summed E-state index contributed by atoms with van der Waals surface area (Å²) in [6.45, 7) is 1.55. The van der Waals surface area contributed by atoms with Gasteiger partial charge in [-0.1, -0.05) is 35.9 Å². The van der Waals surface area contributed by atoms with Gasteiger partial charge in [0.2, 0.25) is 5.91 Å². The number of ether oxygens (including phenoxy) is 1. The van der Waals surface area contributed by atoms with Crippen molar-refractivity contribution in [3.05, 3.63) is 93.7 Å². The molecule has 0 bridgehead atoms. The van der Waals surface area contributed by atoms with Crippen LogP contribution in [0.5, 0.6) is 0 Å². The van der Waals surface area contributed by atoms with E-state index < -0.39 is 5.97 Å². The summed E-state index contributed by atoms with van der Waals surface area (Å²) in [5, 5.41) is 4.61. The van der Waals surface area contributed by atoms with E-state index >= 15 is 0 Å². The number of carbonyl (C=O) groups excluding carboxylic acids is 4. The van der Waals surface area contributed by atoms with Crippen molar-refractivity contribution in [1.82, 2.24) is 0 Å². The Labute approximate surface area is 195 Å². The van der Waals surface area contributed by atoms with Gasteiger partial charge in [0.05, 0.1) is 6.42 Å². The van der Waals surface area contributed by atoms with Gasteiger partial charge in [-0.15, -0.1) is 11.3 Å². The van der Waals surface area contributed by atoms with Crippen LogP contribution < -0.4 is 5.32 Å². The van der Waals surface area contributed by atoms with Crippen LogP contribution in [0.15, 0.2) is 72.1 Å². The van der Waals surface area contributed by atoms with Crippen molar-refractivity contribution in [2.24, 2.45) is 0 Å². The lowest BCUT2D eigenvalue weighted by atomic mass is 10.1. The van der Waals surface area contributed by atoms with E-state index in [2.05, 4.69) is 5.32 Å². The van der Waals surface area contributed by atoms with E-state index in [0.29, 0.717) is 16.8 Å². The van der Waals surface area contributed by atoms with Crippen LogP contribution in [0.3, 0.4) is 0 Å². The van der Waals surface area contributed by atoms with Gasteiger partial charge in [-0.2, -0.15) is 0 Å². The van der Waals surface area contributed by atoms with Gasteiger partial charge in [0.15, 0.2) is 18.2 Å². The fourth-order valence-corrected chi connectivity index (χ4v) is 3.46. The lowest BCUT2D eigenvalue weighted by Crippen LogP contribution is -2.17. The molecule has 3 rings (SSSR count). The number of aryl methyl sites for hydroxylation is 1. The second kappa shape index (κ2) is 11.7. The predicted octanol–water partition coefficient (Wildman–Crippen LogP) is 5.10. The van der Waals surface area contributed by atoms with Crippen LogP contribution in [0.2, 0.25) is 0 Å². The summed E-state index contributed by atoms with van der Waals surface area (Å²) >= 11 is 1.54. The zero-order chi connectivity index (χ0) is 23.6. The van der Waals surface area contributed by atoms with E-state index in [4.69, 9.17) is 4.74 Å².